The monoisotopic (exact) mass is 194 g/mol. The van der Waals surface area contributed by atoms with E-state index in [1.165, 1.54) is 25.7 Å². The summed E-state index contributed by atoms with van der Waals surface area (Å²) in [4.78, 5) is 11.5. The lowest BCUT2D eigenvalue weighted by Crippen LogP contribution is -2.23. The standard InChI is InChI=1S/C12H18O2/c1-3-8(2)12(13)14-11-9-4-5-10(11)7-6-9/h9-11H,2-7H2,1H3. The molecule has 0 aromatic rings. The van der Waals surface area contributed by atoms with Crippen LogP contribution in [-0.4, -0.2) is 12.1 Å². The van der Waals surface area contributed by atoms with Crippen molar-refractivity contribution in [2.24, 2.45) is 11.8 Å². The number of fused-ring (bicyclic) bond motifs is 2. The SMILES string of the molecule is C=C(CC)C(=O)OC1C2CCC1CC2. The van der Waals surface area contributed by atoms with Gasteiger partial charge in [0.2, 0.25) is 0 Å². The van der Waals surface area contributed by atoms with E-state index in [1.54, 1.807) is 0 Å². The van der Waals surface area contributed by atoms with E-state index < -0.39 is 0 Å². The molecule has 0 amide bonds. The van der Waals surface area contributed by atoms with Gasteiger partial charge >= 0.3 is 5.97 Å². The number of carbonyl (C=O) groups is 1. The van der Waals surface area contributed by atoms with Gasteiger partial charge in [-0.2, -0.15) is 0 Å². The Morgan fingerprint density at radius 1 is 1.29 bits per heavy atom. The molecule has 78 valence electrons. The Hall–Kier alpha value is -0.790. The fraction of sp³-hybridized carbons (Fsp3) is 0.750. The van der Waals surface area contributed by atoms with Gasteiger partial charge in [-0.3, -0.25) is 0 Å². The van der Waals surface area contributed by atoms with E-state index in [4.69, 9.17) is 4.74 Å². The summed E-state index contributed by atoms with van der Waals surface area (Å²) in [5.41, 5.74) is 0.608. The third-order valence-electron chi connectivity index (χ3n) is 3.70. The van der Waals surface area contributed by atoms with Crippen molar-refractivity contribution in [2.75, 3.05) is 0 Å². The molecule has 2 heteroatoms. The number of hydrogen-bond acceptors (Lipinski definition) is 2. The third-order valence-corrected chi connectivity index (χ3v) is 3.70. The minimum atomic E-state index is -0.170. The van der Waals surface area contributed by atoms with Gasteiger partial charge < -0.3 is 4.74 Å². The second kappa shape index (κ2) is 3.76. The first kappa shape index (κ1) is 9.75. The van der Waals surface area contributed by atoms with Crippen molar-refractivity contribution >= 4 is 5.97 Å². The molecule has 0 heterocycles. The van der Waals surface area contributed by atoms with Crippen molar-refractivity contribution in [3.8, 4) is 0 Å². The average Bonchev–Trinajstić information content (AvgIpc) is 2.76. The molecule has 0 atom stereocenters. The molecule has 0 saturated heterocycles. The maximum atomic E-state index is 11.5. The van der Waals surface area contributed by atoms with Crippen LogP contribution in [0.25, 0.3) is 0 Å². The number of rotatable bonds is 3. The summed E-state index contributed by atoms with van der Waals surface area (Å²) in [6.07, 6.45) is 5.91. The summed E-state index contributed by atoms with van der Waals surface area (Å²) in [6, 6.07) is 0. The number of carbonyl (C=O) groups excluding carboxylic acids is 1. The van der Waals surface area contributed by atoms with Gasteiger partial charge in [-0.05, 0) is 43.9 Å². The van der Waals surface area contributed by atoms with Crippen LogP contribution in [-0.2, 0) is 9.53 Å². The van der Waals surface area contributed by atoms with E-state index in [0.29, 0.717) is 23.8 Å². The van der Waals surface area contributed by atoms with Gasteiger partial charge in [-0.25, -0.2) is 4.79 Å². The normalized spacial score (nSPS) is 34.5. The van der Waals surface area contributed by atoms with E-state index in [2.05, 4.69) is 6.58 Å². The Morgan fingerprint density at radius 3 is 2.21 bits per heavy atom. The minimum absolute atomic E-state index is 0.170. The second-order valence-electron chi connectivity index (χ2n) is 4.50. The molecule has 2 aliphatic rings. The van der Waals surface area contributed by atoms with Crippen molar-refractivity contribution < 1.29 is 9.53 Å². The Balaban J connectivity index is 1.92. The van der Waals surface area contributed by atoms with Crippen LogP contribution in [0.3, 0.4) is 0 Å². The lowest BCUT2D eigenvalue weighted by Gasteiger charge is -2.17. The first-order chi connectivity index (χ1) is 6.72. The quantitative estimate of drug-likeness (QED) is 0.510. The molecule has 0 aromatic carbocycles. The Morgan fingerprint density at radius 2 is 1.79 bits per heavy atom. The van der Waals surface area contributed by atoms with Gasteiger partial charge in [-0.15, -0.1) is 0 Å². The maximum absolute atomic E-state index is 11.5. The van der Waals surface area contributed by atoms with E-state index in [1.807, 2.05) is 6.92 Å². The maximum Gasteiger partial charge on any atom is 0.333 e. The molecule has 2 bridgehead atoms. The van der Waals surface area contributed by atoms with Crippen molar-refractivity contribution in [2.45, 2.75) is 45.1 Å². The van der Waals surface area contributed by atoms with E-state index in [0.717, 1.165) is 0 Å². The molecule has 2 aliphatic carbocycles. The van der Waals surface area contributed by atoms with Gasteiger partial charge in [-0.1, -0.05) is 13.5 Å². The fourth-order valence-corrected chi connectivity index (χ4v) is 2.73. The third kappa shape index (κ3) is 1.58. The van der Waals surface area contributed by atoms with Crippen LogP contribution < -0.4 is 0 Å². The Bertz CT molecular complexity index is 237. The van der Waals surface area contributed by atoms with Crippen LogP contribution in [0.1, 0.15) is 39.0 Å². The highest BCUT2D eigenvalue weighted by Crippen LogP contribution is 2.46. The average molecular weight is 194 g/mol. The topological polar surface area (TPSA) is 26.3 Å². The molecule has 2 nitrogen and oxygen atoms in total. The number of ether oxygens (including phenoxy) is 1. The molecular weight excluding hydrogens is 176 g/mol. The molecule has 14 heavy (non-hydrogen) atoms. The lowest BCUT2D eigenvalue weighted by molar-refractivity contribution is -0.146. The van der Waals surface area contributed by atoms with E-state index in [-0.39, 0.29) is 12.1 Å². The van der Waals surface area contributed by atoms with Crippen LogP contribution in [0.2, 0.25) is 0 Å². The highest BCUT2D eigenvalue weighted by Gasteiger charge is 2.44. The van der Waals surface area contributed by atoms with Crippen molar-refractivity contribution in [3.63, 3.8) is 0 Å². The fourth-order valence-electron chi connectivity index (χ4n) is 2.73. The van der Waals surface area contributed by atoms with Gasteiger partial charge in [0.1, 0.15) is 6.10 Å². The molecule has 0 N–H and O–H groups in total. The highest BCUT2D eigenvalue weighted by atomic mass is 16.5. The van der Waals surface area contributed by atoms with E-state index >= 15 is 0 Å². The summed E-state index contributed by atoms with van der Waals surface area (Å²) < 4.78 is 5.51. The Labute approximate surface area is 85.3 Å². The van der Waals surface area contributed by atoms with Crippen molar-refractivity contribution in [1.82, 2.24) is 0 Å². The van der Waals surface area contributed by atoms with E-state index in [9.17, 15) is 4.79 Å². The minimum Gasteiger partial charge on any atom is -0.458 e. The molecule has 2 fully saturated rings. The summed E-state index contributed by atoms with van der Waals surface area (Å²) in [5.74, 6) is 1.12. The first-order valence-corrected chi connectivity index (χ1v) is 5.61. The zero-order chi connectivity index (χ0) is 10.1. The van der Waals surface area contributed by atoms with Gasteiger partial charge in [0.15, 0.2) is 0 Å². The predicted molar refractivity (Wildman–Crippen MR) is 54.8 cm³/mol. The largest absolute Gasteiger partial charge is 0.458 e. The van der Waals surface area contributed by atoms with Crippen LogP contribution in [0.5, 0.6) is 0 Å². The highest BCUT2D eigenvalue weighted by molar-refractivity contribution is 5.87. The van der Waals surface area contributed by atoms with Crippen molar-refractivity contribution in [3.05, 3.63) is 12.2 Å². The lowest BCUT2D eigenvalue weighted by atomic mass is 10.0. The van der Waals surface area contributed by atoms with Crippen LogP contribution in [0, 0.1) is 11.8 Å². The Kier molecular flexibility index (Phi) is 2.62. The molecule has 0 unspecified atom stereocenters. The first-order valence-electron chi connectivity index (χ1n) is 5.61. The predicted octanol–water partition coefficient (Wildman–Crippen LogP) is 2.68. The zero-order valence-electron chi connectivity index (χ0n) is 8.79. The molecule has 2 saturated carbocycles. The summed E-state index contributed by atoms with van der Waals surface area (Å²) in [6.45, 7) is 5.65. The molecule has 0 aliphatic heterocycles. The number of hydrogen-bond donors (Lipinski definition) is 0. The molecule has 2 rings (SSSR count). The molecule has 0 radical (unpaired) electrons. The van der Waals surface area contributed by atoms with Crippen molar-refractivity contribution in [1.29, 1.82) is 0 Å². The zero-order valence-corrected chi connectivity index (χ0v) is 8.79. The molecular formula is C12H18O2. The summed E-state index contributed by atoms with van der Waals surface area (Å²) >= 11 is 0. The summed E-state index contributed by atoms with van der Waals surface area (Å²) in [7, 11) is 0. The second-order valence-corrected chi connectivity index (χ2v) is 4.50. The molecule has 0 spiro atoms. The number of esters is 1. The van der Waals surface area contributed by atoms with Crippen LogP contribution in [0.15, 0.2) is 12.2 Å². The van der Waals surface area contributed by atoms with Crippen LogP contribution in [0.4, 0.5) is 0 Å². The smallest absolute Gasteiger partial charge is 0.333 e. The van der Waals surface area contributed by atoms with Gasteiger partial charge in [0, 0.05) is 5.57 Å². The van der Waals surface area contributed by atoms with Gasteiger partial charge in [0.05, 0.1) is 0 Å². The summed E-state index contributed by atoms with van der Waals surface area (Å²) in [5, 5.41) is 0. The molecule has 0 aromatic heterocycles. The van der Waals surface area contributed by atoms with Gasteiger partial charge in [0.25, 0.3) is 0 Å². The van der Waals surface area contributed by atoms with Crippen LogP contribution >= 0.6 is 0 Å².